The smallest absolute Gasteiger partial charge is 0.322 e. The lowest BCUT2D eigenvalue weighted by atomic mass is 9.93. The Hall–Kier alpha value is -0.870. The van der Waals surface area contributed by atoms with E-state index < -0.39 is 0 Å². The lowest BCUT2D eigenvalue weighted by molar-refractivity contribution is -0.144. The average Bonchev–Trinajstić information content (AvgIpc) is 2.38. The number of carbonyl (C=O) groups excluding carboxylic acids is 1. The Balaban J connectivity index is 2.12. The van der Waals surface area contributed by atoms with Crippen molar-refractivity contribution in [2.24, 2.45) is 0 Å². The van der Waals surface area contributed by atoms with Crippen molar-refractivity contribution in [1.82, 2.24) is 5.32 Å². The summed E-state index contributed by atoms with van der Waals surface area (Å²) in [7, 11) is 1.44. The molecular weight excluding hydrogens is 282 g/mol. The molecule has 1 aliphatic heterocycles. The molecule has 0 bridgehead atoms. The molecule has 1 N–H and O–H groups in total. The van der Waals surface area contributed by atoms with Gasteiger partial charge in [-0.3, -0.25) is 10.1 Å². The van der Waals surface area contributed by atoms with E-state index in [1.165, 1.54) is 12.7 Å². The fourth-order valence-corrected chi connectivity index (χ4v) is 2.83. The normalized spacial score (nSPS) is 24.4. The number of carbonyl (C=O) groups is 1. The van der Waals surface area contributed by atoms with Gasteiger partial charge < -0.3 is 4.74 Å². The first-order valence-electron chi connectivity index (χ1n) is 5.80. The fourth-order valence-electron chi connectivity index (χ4n) is 2.27. The van der Waals surface area contributed by atoms with Gasteiger partial charge in [0.1, 0.15) is 6.04 Å². The molecule has 0 saturated carbocycles. The molecule has 1 fully saturated rings. The van der Waals surface area contributed by atoms with Crippen LogP contribution >= 0.6 is 15.9 Å². The summed E-state index contributed by atoms with van der Waals surface area (Å²) in [5.41, 5.74) is 1.21. The maximum absolute atomic E-state index is 11.5. The van der Waals surface area contributed by atoms with Crippen LogP contribution in [0.25, 0.3) is 0 Å². The summed E-state index contributed by atoms with van der Waals surface area (Å²) < 4.78 is 5.88. The Labute approximate surface area is 110 Å². The number of nitrogens with one attached hydrogen (secondary N) is 1. The van der Waals surface area contributed by atoms with E-state index in [2.05, 4.69) is 27.3 Å². The molecule has 0 aliphatic carbocycles. The molecule has 0 amide bonds. The molecule has 92 valence electrons. The third-order valence-electron chi connectivity index (χ3n) is 3.15. The van der Waals surface area contributed by atoms with Crippen LogP contribution < -0.4 is 5.32 Å². The Kier molecular flexibility index (Phi) is 4.18. The lowest BCUT2D eigenvalue weighted by Crippen LogP contribution is -2.43. The van der Waals surface area contributed by atoms with Gasteiger partial charge in [0, 0.05) is 10.5 Å². The van der Waals surface area contributed by atoms with Crippen LogP contribution in [0.1, 0.15) is 30.9 Å². The van der Waals surface area contributed by atoms with Crippen LogP contribution in [0.2, 0.25) is 0 Å². The lowest BCUT2D eigenvalue weighted by Gasteiger charge is -2.30. The molecule has 2 rings (SSSR count). The molecule has 1 aliphatic rings. The zero-order valence-corrected chi connectivity index (χ0v) is 11.4. The van der Waals surface area contributed by atoms with E-state index in [9.17, 15) is 4.79 Å². The quantitative estimate of drug-likeness (QED) is 0.853. The van der Waals surface area contributed by atoms with Gasteiger partial charge in [0.25, 0.3) is 0 Å². The van der Waals surface area contributed by atoms with Crippen LogP contribution in [0.15, 0.2) is 28.7 Å². The van der Waals surface area contributed by atoms with Gasteiger partial charge in [0.15, 0.2) is 0 Å². The van der Waals surface area contributed by atoms with Crippen molar-refractivity contribution >= 4 is 21.9 Å². The van der Waals surface area contributed by atoms with Crippen LogP contribution in [0.5, 0.6) is 0 Å². The maximum Gasteiger partial charge on any atom is 0.322 e. The van der Waals surface area contributed by atoms with Crippen LogP contribution in [0.3, 0.4) is 0 Å². The van der Waals surface area contributed by atoms with E-state index in [4.69, 9.17) is 4.74 Å². The number of halogens is 1. The van der Waals surface area contributed by atoms with Crippen molar-refractivity contribution in [1.29, 1.82) is 0 Å². The Morgan fingerprint density at radius 3 is 2.88 bits per heavy atom. The second-order valence-electron chi connectivity index (χ2n) is 4.25. The minimum absolute atomic E-state index is 0.165. The second-order valence-corrected chi connectivity index (χ2v) is 5.10. The molecule has 2 unspecified atom stereocenters. The number of ether oxygens (including phenoxy) is 1. The van der Waals surface area contributed by atoms with E-state index in [-0.39, 0.29) is 18.1 Å². The van der Waals surface area contributed by atoms with Gasteiger partial charge in [-0.1, -0.05) is 34.1 Å². The molecule has 0 radical (unpaired) electrons. The molecule has 1 saturated heterocycles. The molecule has 1 heterocycles. The summed E-state index contributed by atoms with van der Waals surface area (Å²) in [6, 6.07) is 8.17. The van der Waals surface area contributed by atoms with E-state index in [1.807, 2.05) is 18.2 Å². The van der Waals surface area contributed by atoms with E-state index in [0.29, 0.717) is 0 Å². The Morgan fingerprint density at radius 2 is 2.18 bits per heavy atom. The monoisotopic (exact) mass is 297 g/mol. The van der Waals surface area contributed by atoms with Gasteiger partial charge in [-0.2, -0.15) is 0 Å². The van der Waals surface area contributed by atoms with E-state index in [1.54, 1.807) is 0 Å². The zero-order chi connectivity index (χ0) is 12.3. The molecule has 2 atom stereocenters. The summed E-state index contributed by atoms with van der Waals surface area (Å²) in [5.74, 6) is -0.165. The highest BCUT2D eigenvalue weighted by molar-refractivity contribution is 9.10. The van der Waals surface area contributed by atoms with Crippen molar-refractivity contribution in [3.05, 3.63) is 34.3 Å². The van der Waals surface area contributed by atoms with Gasteiger partial charge in [-0.15, -0.1) is 0 Å². The highest BCUT2D eigenvalue weighted by Crippen LogP contribution is 2.30. The summed E-state index contributed by atoms with van der Waals surface area (Å²) in [4.78, 5) is 11.5. The molecule has 3 nitrogen and oxygen atoms in total. The van der Waals surface area contributed by atoms with Crippen molar-refractivity contribution in [3.63, 3.8) is 0 Å². The molecule has 0 aromatic heterocycles. The number of methoxy groups -OCH3 is 1. The fraction of sp³-hybridized carbons (Fsp3) is 0.462. The molecule has 4 heteroatoms. The Bertz CT molecular complexity index is 408. The highest BCUT2D eigenvalue weighted by atomic mass is 79.9. The molecule has 1 aromatic carbocycles. The number of hydrogen-bond donors (Lipinski definition) is 1. The van der Waals surface area contributed by atoms with Crippen molar-refractivity contribution in [2.75, 3.05) is 7.11 Å². The average molecular weight is 298 g/mol. The van der Waals surface area contributed by atoms with Gasteiger partial charge in [-0.25, -0.2) is 0 Å². The number of esters is 1. The first-order valence-corrected chi connectivity index (χ1v) is 6.60. The molecule has 17 heavy (non-hydrogen) atoms. The predicted molar refractivity (Wildman–Crippen MR) is 69.7 cm³/mol. The summed E-state index contributed by atoms with van der Waals surface area (Å²) in [6.45, 7) is 0. The van der Waals surface area contributed by atoms with Gasteiger partial charge in [-0.05, 0) is 30.9 Å². The summed E-state index contributed by atoms with van der Waals surface area (Å²) in [6.07, 6.45) is 2.95. The number of benzene rings is 1. The second kappa shape index (κ2) is 5.65. The van der Waals surface area contributed by atoms with Crippen LogP contribution in [0.4, 0.5) is 0 Å². The third-order valence-corrected chi connectivity index (χ3v) is 3.88. The third kappa shape index (κ3) is 2.87. The number of hydrogen-bond acceptors (Lipinski definition) is 3. The zero-order valence-electron chi connectivity index (χ0n) is 9.78. The predicted octanol–water partition coefficient (Wildman–Crippen LogP) is 2.81. The highest BCUT2D eigenvalue weighted by Gasteiger charge is 2.28. The number of rotatable bonds is 2. The van der Waals surface area contributed by atoms with Gasteiger partial charge >= 0.3 is 5.97 Å². The van der Waals surface area contributed by atoms with Gasteiger partial charge in [0.05, 0.1) is 7.11 Å². The first kappa shape index (κ1) is 12.6. The van der Waals surface area contributed by atoms with Crippen LogP contribution in [0, 0.1) is 0 Å². The molecule has 1 aromatic rings. The number of piperidine rings is 1. The SMILES string of the molecule is COC(=O)C1CCCC(c2ccccc2Br)N1. The Morgan fingerprint density at radius 1 is 1.41 bits per heavy atom. The minimum Gasteiger partial charge on any atom is -0.468 e. The van der Waals surface area contributed by atoms with Crippen molar-refractivity contribution < 1.29 is 9.53 Å². The maximum atomic E-state index is 11.5. The van der Waals surface area contributed by atoms with Crippen LogP contribution in [-0.2, 0) is 9.53 Å². The van der Waals surface area contributed by atoms with Gasteiger partial charge in [0.2, 0.25) is 0 Å². The summed E-state index contributed by atoms with van der Waals surface area (Å²) >= 11 is 3.55. The molecular formula is C13H16BrNO2. The summed E-state index contributed by atoms with van der Waals surface area (Å²) in [5, 5.41) is 3.36. The van der Waals surface area contributed by atoms with E-state index in [0.717, 1.165) is 23.7 Å². The topological polar surface area (TPSA) is 38.3 Å². The van der Waals surface area contributed by atoms with E-state index >= 15 is 0 Å². The minimum atomic E-state index is -0.175. The van der Waals surface area contributed by atoms with Crippen LogP contribution in [-0.4, -0.2) is 19.1 Å². The van der Waals surface area contributed by atoms with Crippen molar-refractivity contribution in [2.45, 2.75) is 31.3 Å². The largest absolute Gasteiger partial charge is 0.468 e. The van der Waals surface area contributed by atoms with Crippen molar-refractivity contribution in [3.8, 4) is 0 Å². The standard InChI is InChI=1S/C13H16BrNO2/c1-17-13(16)12-8-4-7-11(15-12)9-5-2-3-6-10(9)14/h2-3,5-6,11-12,15H,4,7-8H2,1H3. The molecule has 0 spiro atoms. The first-order chi connectivity index (χ1) is 8.22.